The number of hydrogen-bond acceptors (Lipinski definition) is 7. The van der Waals surface area contributed by atoms with Crippen molar-refractivity contribution in [1.82, 2.24) is 0 Å². The second-order valence-corrected chi connectivity index (χ2v) is 15.0. The molecule has 0 saturated carbocycles. The Morgan fingerprint density at radius 3 is 2.18 bits per heavy atom. The highest BCUT2D eigenvalue weighted by atomic mass is 16.3. The van der Waals surface area contributed by atoms with Crippen LogP contribution in [-0.2, 0) is 9.59 Å². The predicted octanol–water partition coefficient (Wildman–Crippen LogP) is 7.77. The highest BCUT2D eigenvalue weighted by Gasteiger charge is 2.75. The molecule has 4 N–H and O–H groups in total. The highest BCUT2D eigenvalue weighted by Crippen LogP contribution is 2.72. The standard InChI is InChI=1S/C37H52O7/c1-10-21(6)18-26-35(8)24(16-12-11-14-19(2)3)23-15-13-17-25(39)28(23)32(41)30(35)34(43)37(44)33(42)27(22(7)38)31(40)29(20(4)5)36(26,37)9/h13,15,17,19-21,24,26,29,39-40,43-44H,10-12,14,16,18H2,1-9H3/t21?,24-,26-,29?,35-,36-,37+/m1/s1. The fraction of sp³-hybridized carbons (Fsp3) is 0.649. The molecule has 4 rings (SSSR count). The minimum atomic E-state index is -2.64. The van der Waals surface area contributed by atoms with Crippen LogP contribution in [0.2, 0.25) is 0 Å². The summed E-state index contributed by atoms with van der Waals surface area (Å²) in [4.78, 5) is 41.7. The van der Waals surface area contributed by atoms with E-state index in [0.717, 1.165) is 32.6 Å². The molecule has 0 amide bonds. The van der Waals surface area contributed by atoms with E-state index in [1.54, 1.807) is 13.0 Å². The molecule has 44 heavy (non-hydrogen) atoms. The molecular weight excluding hydrogens is 556 g/mol. The summed E-state index contributed by atoms with van der Waals surface area (Å²) < 4.78 is 0. The van der Waals surface area contributed by atoms with Crippen molar-refractivity contribution in [1.29, 1.82) is 0 Å². The summed E-state index contributed by atoms with van der Waals surface area (Å²) >= 11 is 0. The lowest BCUT2D eigenvalue weighted by Gasteiger charge is -2.66. The average molecular weight is 609 g/mol. The van der Waals surface area contributed by atoms with Gasteiger partial charge in [0, 0.05) is 22.3 Å². The van der Waals surface area contributed by atoms with E-state index in [9.17, 15) is 34.8 Å². The van der Waals surface area contributed by atoms with Crippen molar-refractivity contribution in [3.63, 3.8) is 0 Å². The second kappa shape index (κ2) is 11.8. The first kappa shape index (κ1) is 34.0. The number of aliphatic hydroxyl groups excluding tert-OH is 2. The van der Waals surface area contributed by atoms with Crippen molar-refractivity contribution in [3.8, 4) is 5.75 Å². The number of ketones is 3. The molecule has 0 spiro atoms. The zero-order chi connectivity index (χ0) is 33.1. The number of benzene rings is 1. The van der Waals surface area contributed by atoms with Crippen LogP contribution in [0.4, 0.5) is 0 Å². The quantitative estimate of drug-likeness (QED) is 0.158. The maximum atomic E-state index is 14.5. The minimum absolute atomic E-state index is 0.0613. The van der Waals surface area contributed by atoms with Crippen molar-refractivity contribution >= 4 is 17.3 Å². The molecule has 3 aliphatic carbocycles. The van der Waals surface area contributed by atoms with Crippen LogP contribution in [0.1, 0.15) is 123 Å². The van der Waals surface area contributed by atoms with Crippen molar-refractivity contribution < 1.29 is 34.8 Å². The van der Waals surface area contributed by atoms with Gasteiger partial charge in [0.05, 0.1) is 5.56 Å². The van der Waals surface area contributed by atoms with E-state index in [4.69, 9.17) is 0 Å². The number of allylic oxidation sites excluding steroid dienone is 2. The molecule has 7 nitrogen and oxygen atoms in total. The lowest BCUT2D eigenvalue weighted by atomic mass is 9.37. The summed E-state index contributed by atoms with van der Waals surface area (Å²) in [6.07, 6.45) is 4.82. The van der Waals surface area contributed by atoms with Gasteiger partial charge in [0.1, 0.15) is 22.8 Å². The largest absolute Gasteiger partial charge is 0.511 e. The van der Waals surface area contributed by atoms with Gasteiger partial charge in [0.25, 0.3) is 0 Å². The van der Waals surface area contributed by atoms with Crippen LogP contribution in [-0.4, -0.2) is 43.4 Å². The summed E-state index contributed by atoms with van der Waals surface area (Å²) in [5.74, 6) is -5.16. The van der Waals surface area contributed by atoms with Crippen molar-refractivity contribution in [3.05, 3.63) is 52.0 Å². The molecule has 1 aromatic carbocycles. The van der Waals surface area contributed by atoms with Gasteiger partial charge in [-0.1, -0.05) is 93.2 Å². The molecule has 0 saturated heterocycles. The Kier molecular flexibility index (Phi) is 9.09. The molecule has 7 atom stereocenters. The Labute approximate surface area is 262 Å². The van der Waals surface area contributed by atoms with Gasteiger partial charge < -0.3 is 20.4 Å². The Morgan fingerprint density at radius 2 is 1.64 bits per heavy atom. The van der Waals surface area contributed by atoms with Gasteiger partial charge in [0.15, 0.2) is 17.2 Å². The van der Waals surface area contributed by atoms with Crippen LogP contribution in [0, 0.1) is 40.4 Å². The van der Waals surface area contributed by atoms with E-state index in [-0.39, 0.29) is 40.4 Å². The van der Waals surface area contributed by atoms with Gasteiger partial charge in [-0.3, -0.25) is 14.4 Å². The maximum Gasteiger partial charge on any atom is 0.209 e. The normalized spacial score (nSPS) is 32.6. The topological polar surface area (TPSA) is 132 Å². The fourth-order valence-corrected chi connectivity index (χ4v) is 9.35. The Morgan fingerprint density at radius 1 is 1.00 bits per heavy atom. The summed E-state index contributed by atoms with van der Waals surface area (Å²) in [5, 5.41) is 47.8. The molecular formula is C37H52O7. The third-order valence-electron chi connectivity index (χ3n) is 11.6. The van der Waals surface area contributed by atoms with Crippen molar-refractivity contribution in [2.75, 3.05) is 0 Å². The SMILES string of the molecule is CCC(C)C[C@@H]1[C@]2(C)C(=C(O)[C@@]3(O)C(=O)C(C(C)=O)=C(O)C(C(C)C)[C@@]13C)C(=O)c1c(O)cccc1[C@H]2CCCCC(C)C. The lowest BCUT2D eigenvalue weighted by Crippen LogP contribution is -2.71. The van der Waals surface area contributed by atoms with Gasteiger partial charge in [-0.25, -0.2) is 0 Å². The number of aliphatic hydroxyl groups is 3. The van der Waals surface area contributed by atoms with Crippen LogP contribution < -0.4 is 0 Å². The molecule has 0 aromatic heterocycles. The van der Waals surface area contributed by atoms with Crippen molar-refractivity contribution in [2.45, 2.75) is 112 Å². The van der Waals surface area contributed by atoms with Crippen LogP contribution in [0.15, 0.2) is 40.9 Å². The molecule has 0 heterocycles. The first-order chi connectivity index (χ1) is 20.4. The molecule has 7 heteroatoms. The van der Waals surface area contributed by atoms with Crippen LogP contribution >= 0.6 is 0 Å². The molecule has 0 aliphatic heterocycles. The maximum absolute atomic E-state index is 14.5. The number of rotatable bonds is 10. The molecule has 1 aromatic rings. The Balaban J connectivity index is 2.16. The fourth-order valence-electron chi connectivity index (χ4n) is 9.35. The number of fused-ring (bicyclic) bond motifs is 3. The Bertz CT molecular complexity index is 1420. The van der Waals surface area contributed by atoms with E-state index in [0.29, 0.717) is 24.3 Å². The van der Waals surface area contributed by atoms with Crippen LogP contribution in [0.3, 0.4) is 0 Å². The molecule has 2 unspecified atom stereocenters. The van der Waals surface area contributed by atoms with Gasteiger partial charge in [0.2, 0.25) is 5.78 Å². The summed E-state index contributed by atoms with van der Waals surface area (Å²) in [6.45, 7) is 17.2. The van der Waals surface area contributed by atoms with Crippen LogP contribution in [0.25, 0.3) is 0 Å². The summed E-state index contributed by atoms with van der Waals surface area (Å²) in [5.41, 5.74) is -4.98. The van der Waals surface area contributed by atoms with Crippen molar-refractivity contribution in [2.24, 2.45) is 40.4 Å². The molecule has 0 radical (unpaired) electrons. The molecule has 0 bridgehead atoms. The number of phenols is 1. The molecule has 3 aliphatic rings. The van der Waals surface area contributed by atoms with Gasteiger partial charge in [-0.05, 0) is 61.0 Å². The van der Waals surface area contributed by atoms with E-state index in [2.05, 4.69) is 27.7 Å². The number of hydrogen-bond donors (Lipinski definition) is 4. The monoisotopic (exact) mass is 608 g/mol. The number of unbranched alkanes of at least 4 members (excludes halogenated alkanes) is 1. The number of phenolic OH excluding ortho intramolecular Hbond substituents is 1. The van der Waals surface area contributed by atoms with E-state index in [1.165, 1.54) is 6.07 Å². The zero-order valence-corrected chi connectivity index (χ0v) is 28.0. The third kappa shape index (κ3) is 4.59. The molecule has 242 valence electrons. The van der Waals surface area contributed by atoms with Gasteiger partial charge >= 0.3 is 0 Å². The van der Waals surface area contributed by atoms with E-state index in [1.807, 2.05) is 26.8 Å². The smallest absolute Gasteiger partial charge is 0.209 e. The lowest BCUT2D eigenvalue weighted by molar-refractivity contribution is -0.195. The van der Waals surface area contributed by atoms with E-state index >= 15 is 0 Å². The van der Waals surface area contributed by atoms with Gasteiger partial charge in [-0.2, -0.15) is 0 Å². The number of carbonyl (C=O) groups excluding carboxylic acids is 3. The number of aromatic hydroxyl groups is 1. The third-order valence-corrected chi connectivity index (χ3v) is 11.6. The predicted molar refractivity (Wildman–Crippen MR) is 171 cm³/mol. The second-order valence-electron chi connectivity index (χ2n) is 15.0. The first-order valence-electron chi connectivity index (χ1n) is 16.5. The number of carbonyl (C=O) groups is 3. The minimum Gasteiger partial charge on any atom is -0.511 e. The van der Waals surface area contributed by atoms with Gasteiger partial charge in [-0.15, -0.1) is 0 Å². The zero-order valence-electron chi connectivity index (χ0n) is 28.0. The number of Topliss-reactive ketones (excluding diaryl/α,β-unsaturated/α-hetero) is 3. The van der Waals surface area contributed by atoms with Crippen LogP contribution in [0.5, 0.6) is 5.75 Å². The highest BCUT2D eigenvalue weighted by molar-refractivity contribution is 6.25. The first-order valence-corrected chi connectivity index (χ1v) is 16.5. The Hall–Kier alpha value is -2.93. The summed E-state index contributed by atoms with van der Waals surface area (Å²) in [7, 11) is 0. The summed E-state index contributed by atoms with van der Waals surface area (Å²) in [6, 6.07) is 5.06. The van der Waals surface area contributed by atoms with E-state index < -0.39 is 56.9 Å². The average Bonchev–Trinajstić information content (AvgIpc) is 2.92. The molecule has 0 fully saturated rings.